The minimum atomic E-state index is -3.20. The van der Waals surface area contributed by atoms with Gasteiger partial charge in [-0.1, -0.05) is 31.0 Å². The molecule has 2 aliphatic rings. The third-order valence-corrected chi connectivity index (χ3v) is 5.87. The number of sulfonamides is 1. The number of thioether (sulfide) groups is 1. The van der Waals surface area contributed by atoms with Gasteiger partial charge in [-0.05, 0) is 26.7 Å². The third-order valence-electron chi connectivity index (χ3n) is 3.75. The van der Waals surface area contributed by atoms with Crippen molar-refractivity contribution in [3.8, 4) is 0 Å². The molecule has 1 aliphatic carbocycles. The van der Waals surface area contributed by atoms with Crippen molar-refractivity contribution in [2.75, 3.05) is 18.6 Å². The monoisotopic (exact) mass is 319 g/mol. The fourth-order valence-electron chi connectivity index (χ4n) is 2.89. The zero-order valence-electron chi connectivity index (χ0n) is 12.5. The maximum Gasteiger partial charge on any atom is 0.209 e. The van der Waals surface area contributed by atoms with Crippen molar-refractivity contribution < 1.29 is 8.42 Å². The fourth-order valence-corrected chi connectivity index (χ4v) is 5.18. The van der Waals surface area contributed by atoms with Gasteiger partial charge in [0, 0.05) is 16.8 Å². The smallest absolute Gasteiger partial charge is 0.209 e. The van der Waals surface area contributed by atoms with Crippen molar-refractivity contribution in [3.05, 3.63) is 0 Å². The van der Waals surface area contributed by atoms with E-state index in [0.717, 1.165) is 10.9 Å². The highest BCUT2D eigenvalue weighted by Gasteiger charge is 2.38. The van der Waals surface area contributed by atoms with E-state index in [4.69, 9.17) is 0 Å². The van der Waals surface area contributed by atoms with Crippen LogP contribution in [0.1, 0.15) is 46.0 Å². The topological polar surface area (TPSA) is 70.6 Å². The molecule has 0 aromatic carbocycles. The highest BCUT2D eigenvalue weighted by atomic mass is 32.2. The number of rotatable bonds is 4. The highest BCUT2D eigenvalue weighted by Crippen LogP contribution is 2.36. The molecule has 1 saturated heterocycles. The third kappa shape index (κ3) is 4.63. The Morgan fingerprint density at radius 2 is 2.00 bits per heavy atom. The van der Waals surface area contributed by atoms with Gasteiger partial charge in [0.1, 0.15) is 0 Å². The molecule has 2 rings (SSSR count). The van der Waals surface area contributed by atoms with Crippen LogP contribution in [0.25, 0.3) is 0 Å². The molecule has 1 heterocycles. The first-order valence-electron chi connectivity index (χ1n) is 7.14. The lowest BCUT2D eigenvalue weighted by Crippen LogP contribution is -2.47. The molecule has 0 bridgehead atoms. The molecule has 2 fully saturated rings. The lowest BCUT2D eigenvalue weighted by atomic mass is 9.83. The van der Waals surface area contributed by atoms with E-state index in [2.05, 4.69) is 15.0 Å². The maximum absolute atomic E-state index is 11.3. The van der Waals surface area contributed by atoms with E-state index in [1.165, 1.54) is 38.4 Å². The summed E-state index contributed by atoms with van der Waals surface area (Å²) in [5.74, 6) is 1.09. The van der Waals surface area contributed by atoms with Crippen LogP contribution in [0.3, 0.4) is 0 Å². The first kappa shape index (κ1) is 16.1. The van der Waals surface area contributed by atoms with Gasteiger partial charge in [0.25, 0.3) is 0 Å². The number of aliphatic imine (C=N–C) groups is 1. The molecule has 0 atom stereocenters. The van der Waals surface area contributed by atoms with Gasteiger partial charge < -0.3 is 5.32 Å². The first-order valence-corrected chi connectivity index (χ1v) is 10.0. The molecular weight excluding hydrogens is 294 g/mol. The Balaban J connectivity index is 1.92. The molecule has 0 amide bonds. The van der Waals surface area contributed by atoms with Crippen LogP contribution in [0.5, 0.6) is 0 Å². The van der Waals surface area contributed by atoms with Crippen LogP contribution in [0.2, 0.25) is 0 Å². The Kier molecular flexibility index (Phi) is 4.71. The minimum absolute atomic E-state index is 0.246. The number of nitrogens with one attached hydrogen (secondary N) is 2. The summed E-state index contributed by atoms with van der Waals surface area (Å²) in [5.41, 5.74) is -0.304. The molecule has 1 spiro atoms. The quantitative estimate of drug-likeness (QED) is 0.827. The van der Waals surface area contributed by atoms with Crippen molar-refractivity contribution in [3.63, 3.8) is 0 Å². The molecule has 0 aromatic heterocycles. The van der Waals surface area contributed by atoms with Crippen molar-refractivity contribution in [2.45, 2.75) is 57.0 Å². The zero-order chi connectivity index (χ0) is 14.9. The van der Waals surface area contributed by atoms with Crippen LogP contribution in [-0.2, 0) is 10.0 Å². The summed E-state index contributed by atoms with van der Waals surface area (Å²) in [6.45, 7) is 4.16. The van der Waals surface area contributed by atoms with Crippen molar-refractivity contribution >= 4 is 27.0 Å². The molecule has 0 radical (unpaired) electrons. The lowest BCUT2D eigenvalue weighted by molar-refractivity contribution is 0.303. The molecule has 1 saturated carbocycles. The minimum Gasteiger partial charge on any atom is -0.359 e. The normalized spacial score (nSPS) is 25.1. The molecule has 0 aromatic rings. The van der Waals surface area contributed by atoms with Crippen LogP contribution < -0.4 is 10.0 Å². The van der Waals surface area contributed by atoms with Crippen LogP contribution >= 0.6 is 11.8 Å². The second-order valence-corrected chi connectivity index (χ2v) is 9.35. The van der Waals surface area contributed by atoms with Crippen molar-refractivity contribution in [1.82, 2.24) is 10.0 Å². The van der Waals surface area contributed by atoms with E-state index in [-0.39, 0.29) is 5.54 Å². The van der Waals surface area contributed by atoms with Gasteiger partial charge in [0.05, 0.1) is 12.8 Å². The Bertz CT molecular complexity index is 480. The summed E-state index contributed by atoms with van der Waals surface area (Å²) in [4.78, 5) is 4.57. The van der Waals surface area contributed by atoms with Crippen molar-refractivity contribution in [1.29, 1.82) is 0 Å². The van der Waals surface area contributed by atoms with E-state index in [1.807, 2.05) is 13.8 Å². The Labute approximate surface area is 126 Å². The van der Waals surface area contributed by atoms with Crippen LogP contribution in [-0.4, -0.2) is 43.2 Å². The van der Waals surface area contributed by atoms with E-state index in [0.29, 0.717) is 6.54 Å². The predicted molar refractivity (Wildman–Crippen MR) is 85.8 cm³/mol. The number of amidine groups is 1. The second kappa shape index (κ2) is 5.85. The van der Waals surface area contributed by atoms with Gasteiger partial charge in [-0.3, -0.25) is 4.99 Å². The summed E-state index contributed by atoms with van der Waals surface area (Å²) in [6, 6.07) is 0. The first-order chi connectivity index (χ1) is 9.20. The van der Waals surface area contributed by atoms with Crippen LogP contribution in [0, 0.1) is 0 Å². The molecule has 20 heavy (non-hydrogen) atoms. The van der Waals surface area contributed by atoms with Gasteiger partial charge in [-0.2, -0.15) is 0 Å². The molecule has 5 nitrogen and oxygen atoms in total. The van der Waals surface area contributed by atoms with E-state index in [9.17, 15) is 8.42 Å². The molecular formula is C13H25N3O2S2. The summed E-state index contributed by atoms with van der Waals surface area (Å²) in [7, 11) is -3.20. The number of hydrogen-bond donors (Lipinski definition) is 2. The Morgan fingerprint density at radius 3 is 2.60 bits per heavy atom. The summed E-state index contributed by atoms with van der Waals surface area (Å²) in [6.07, 6.45) is 7.56. The Morgan fingerprint density at radius 1 is 1.35 bits per heavy atom. The van der Waals surface area contributed by atoms with Crippen LogP contribution in [0.4, 0.5) is 0 Å². The average Bonchev–Trinajstić information content (AvgIpc) is 2.68. The number of nitrogens with zero attached hydrogens (tertiary/aromatic N) is 1. The fraction of sp³-hybridized carbons (Fsp3) is 0.923. The van der Waals surface area contributed by atoms with Gasteiger partial charge in [-0.15, -0.1) is 0 Å². The summed E-state index contributed by atoms with van der Waals surface area (Å²) < 4.78 is 25.2. The molecule has 7 heteroatoms. The van der Waals surface area contributed by atoms with Crippen LogP contribution in [0.15, 0.2) is 4.99 Å². The summed E-state index contributed by atoms with van der Waals surface area (Å²) in [5, 5.41) is 4.55. The lowest BCUT2D eigenvalue weighted by Gasteiger charge is -2.32. The standard InChI is InChI=1S/C13H25N3O2S2/c1-12(2,16-20(3,17)18)9-14-11-15-13(10-19-11)7-5-4-6-8-13/h16H,4-10H2,1-3H3,(H,14,15). The molecule has 116 valence electrons. The van der Waals surface area contributed by atoms with E-state index in [1.54, 1.807) is 11.8 Å². The van der Waals surface area contributed by atoms with E-state index < -0.39 is 15.6 Å². The maximum atomic E-state index is 11.3. The predicted octanol–water partition coefficient (Wildman–Crippen LogP) is 1.71. The van der Waals surface area contributed by atoms with Gasteiger partial charge >= 0.3 is 0 Å². The highest BCUT2D eigenvalue weighted by molar-refractivity contribution is 8.14. The molecule has 0 unspecified atom stereocenters. The van der Waals surface area contributed by atoms with Gasteiger partial charge in [0.2, 0.25) is 10.0 Å². The van der Waals surface area contributed by atoms with E-state index >= 15 is 0 Å². The second-order valence-electron chi connectivity index (χ2n) is 6.63. The zero-order valence-corrected chi connectivity index (χ0v) is 14.2. The molecule has 1 aliphatic heterocycles. The average molecular weight is 319 g/mol. The van der Waals surface area contributed by atoms with Crippen molar-refractivity contribution in [2.24, 2.45) is 4.99 Å². The Hall–Kier alpha value is -0.270. The van der Waals surface area contributed by atoms with Gasteiger partial charge in [-0.25, -0.2) is 13.1 Å². The molecule has 2 N–H and O–H groups in total. The SMILES string of the molecule is CC(C)(CN=C1NC2(CCCCC2)CS1)NS(C)(=O)=O. The largest absolute Gasteiger partial charge is 0.359 e. The number of hydrogen-bond acceptors (Lipinski definition) is 4. The summed E-state index contributed by atoms with van der Waals surface area (Å²) >= 11 is 1.77. The van der Waals surface area contributed by atoms with Gasteiger partial charge in [0.15, 0.2) is 5.17 Å².